The van der Waals surface area contributed by atoms with E-state index in [0.717, 1.165) is 6.42 Å². The van der Waals surface area contributed by atoms with Gasteiger partial charge in [0.25, 0.3) is 0 Å². The predicted molar refractivity (Wildman–Crippen MR) is 130 cm³/mol. The van der Waals surface area contributed by atoms with Crippen LogP contribution in [-0.2, 0) is 11.2 Å². The second kappa shape index (κ2) is 11.4. The second-order valence-electron chi connectivity index (χ2n) is 7.50. The molecule has 3 heteroatoms. The number of benzene rings is 4. The van der Waals surface area contributed by atoms with Gasteiger partial charge in [0.15, 0.2) is 5.78 Å². The van der Waals surface area contributed by atoms with E-state index in [0.29, 0.717) is 18.4 Å². The Morgan fingerprint density at radius 2 is 0.903 bits per heavy atom. The molecule has 4 aromatic rings. The molecule has 0 atom stereocenters. The molecule has 0 radical (unpaired) electrons. The van der Waals surface area contributed by atoms with Crippen LogP contribution in [0.25, 0.3) is 0 Å². The van der Waals surface area contributed by atoms with E-state index in [1.807, 2.05) is 36.4 Å². The molecule has 31 heavy (non-hydrogen) atoms. The van der Waals surface area contributed by atoms with E-state index in [1.165, 1.54) is 21.5 Å². The van der Waals surface area contributed by atoms with Crippen LogP contribution in [-0.4, -0.2) is 11.9 Å². The predicted octanol–water partition coefficient (Wildman–Crippen LogP) is 2.19. The Labute approximate surface area is 202 Å². The van der Waals surface area contributed by atoms with Crippen molar-refractivity contribution in [2.24, 2.45) is 0 Å². The first-order chi connectivity index (χ1) is 14.8. The zero-order valence-corrected chi connectivity index (χ0v) is 20.5. The van der Waals surface area contributed by atoms with Crippen LogP contribution in [0.4, 0.5) is 0 Å². The van der Waals surface area contributed by atoms with Gasteiger partial charge in [0.05, 0.1) is 0 Å². The van der Waals surface area contributed by atoms with Crippen molar-refractivity contribution in [3.63, 3.8) is 0 Å². The molecule has 0 saturated carbocycles. The molecule has 0 bridgehead atoms. The molecule has 0 unspecified atom stereocenters. The highest BCUT2D eigenvalue weighted by Crippen LogP contribution is 2.55. The lowest BCUT2D eigenvalue weighted by molar-refractivity contribution is -0.116. The minimum atomic E-state index is -2.08. The summed E-state index contributed by atoms with van der Waals surface area (Å²) in [4.78, 5) is 13.4. The fraction of sp³-hybridized carbons (Fsp3) is 0.107. The minimum absolute atomic E-state index is 0. The Bertz CT molecular complexity index is 970. The lowest BCUT2D eigenvalue weighted by atomic mass is 10.1. The van der Waals surface area contributed by atoms with Crippen molar-refractivity contribution in [2.45, 2.75) is 12.8 Å². The van der Waals surface area contributed by atoms with Gasteiger partial charge >= 0.3 is 0 Å². The highest BCUT2D eigenvalue weighted by molar-refractivity contribution is 7.96. The Balaban J connectivity index is 0.00000272. The van der Waals surface area contributed by atoms with Gasteiger partial charge in [0.2, 0.25) is 0 Å². The summed E-state index contributed by atoms with van der Waals surface area (Å²) in [5.74, 6) is 0.323. The van der Waals surface area contributed by atoms with Gasteiger partial charge in [-0.2, -0.15) is 0 Å². The van der Waals surface area contributed by atoms with Crippen LogP contribution >= 0.6 is 7.26 Å². The lowest BCUT2D eigenvalue weighted by Crippen LogP contribution is -3.00. The van der Waals surface area contributed by atoms with Gasteiger partial charge in [0, 0.05) is 6.42 Å². The average molecular weight is 536 g/mol. The van der Waals surface area contributed by atoms with Gasteiger partial charge in [-0.15, -0.1) is 0 Å². The molecule has 4 rings (SSSR count). The molecule has 0 aromatic heterocycles. The quantitative estimate of drug-likeness (QED) is 0.250. The number of carbonyl (C=O) groups excluding carboxylic acids is 1. The molecule has 0 aliphatic heterocycles. The van der Waals surface area contributed by atoms with Gasteiger partial charge in [-0.3, -0.25) is 4.79 Å². The fourth-order valence-electron chi connectivity index (χ4n) is 4.04. The standard InChI is InChI=1S/C28H26OP.HI/c29-25(22-21-24-13-5-1-6-14-24)23-30(26-15-7-2-8-16-26,27-17-9-3-10-18-27)28-19-11-4-12-20-28;/h1-20H,21-23H2;1H/q+1;/p-1. The zero-order valence-electron chi connectivity index (χ0n) is 17.4. The summed E-state index contributed by atoms with van der Waals surface area (Å²) in [6.07, 6.45) is 1.91. The SMILES string of the molecule is O=C(CCc1ccccc1)C[P+](c1ccccc1)(c1ccccc1)c1ccccc1.[I-]. The molecule has 0 fully saturated rings. The van der Waals surface area contributed by atoms with Gasteiger partial charge in [-0.1, -0.05) is 84.9 Å². The smallest absolute Gasteiger partial charge is 0.171 e. The molecule has 0 saturated heterocycles. The van der Waals surface area contributed by atoms with Crippen molar-refractivity contribution in [3.05, 3.63) is 127 Å². The Kier molecular flexibility index (Phi) is 8.57. The van der Waals surface area contributed by atoms with E-state index >= 15 is 0 Å². The van der Waals surface area contributed by atoms with Crippen molar-refractivity contribution < 1.29 is 28.8 Å². The van der Waals surface area contributed by atoms with Gasteiger partial charge < -0.3 is 24.0 Å². The Morgan fingerprint density at radius 3 is 1.29 bits per heavy atom. The van der Waals surface area contributed by atoms with Crippen molar-refractivity contribution in [1.29, 1.82) is 0 Å². The number of carbonyl (C=O) groups is 1. The van der Waals surface area contributed by atoms with Gasteiger partial charge in [0.1, 0.15) is 29.3 Å². The van der Waals surface area contributed by atoms with E-state index < -0.39 is 7.26 Å². The summed E-state index contributed by atoms with van der Waals surface area (Å²) in [7, 11) is -2.08. The largest absolute Gasteiger partial charge is 1.00 e. The molecular formula is C28H26IOP. The van der Waals surface area contributed by atoms with E-state index in [1.54, 1.807) is 0 Å². The first kappa shape index (κ1) is 23.4. The molecule has 1 nitrogen and oxygen atoms in total. The molecule has 4 aromatic carbocycles. The number of Topliss-reactive ketones (excluding diaryl/α,β-unsaturated/α-hetero) is 1. The molecule has 0 spiro atoms. The van der Waals surface area contributed by atoms with Crippen molar-refractivity contribution in [3.8, 4) is 0 Å². The minimum Gasteiger partial charge on any atom is -1.00 e. The van der Waals surface area contributed by atoms with Crippen molar-refractivity contribution in [2.75, 3.05) is 6.16 Å². The molecular weight excluding hydrogens is 510 g/mol. The molecule has 156 valence electrons. The van der Waals surface area contributed by atoms with Crippen LogP contribution in [0, 0.1) is 0 Å². The van der Waals surface area contributed by atoms with E-state index in [-0.39, 0.29) is 24.0 Å². The third kappa shape index (κ3) is 5.50. The summed E-state index contributed by atoms with van der Waals surface area (Å²) in [5.41, 5.74) is 1.22. The first-order valence-corrected chi connectivity index (χ1v) is 12.4. The van der Waals surface area contributed by atoms with Crippen LogP contribution in [0.15, 0.2) is 121 Å². The highest BCUT2D eigenvalue weighted by atomic mass is 127. The summed E-state index contributed by atoms with van der Waals surface area (Å²) in [5, 5.41) is 3.78. The molecule has 0 heterocycles. The summed E-state index contributed by atoms with van der Waals surface area (Å²) in [6.45, 7) is 0. The van der Waals surface area contributed by atoms with E-state index in [2.05, 4.69) is 84.9 Å². The summed E-state index contributed by atoms with van der Waals surface area (Å²) < 4.78 is 0. The number of aryl methyl sites for hydroxylation is 1. The first-order valence-electron chi connectivity index (χ1n) is 10.4. The topological polar surface area (TPSA) is 17.1 Å². The second-order valence-corrected chi connectivity index (χ2v) is 11.0. The average Bonchev–Trinajstić information content (AvgIpc) is 2.83. The number of hydrogen-bond acceptors (Lipinski definition) is 1. The zero-order chi connectivity index (χ0) is 20.7. The number of ketones is 1. The van der Waals surface area contributed by atoms with Gasteiger partial charge in [-0.05, 0) is 48.4 Å². The molecule has 0 N–H and O–H groups in total. The number of rotatable bonds is 8. The van der Waals surface area contributed by atoms with Crippen molar-refractivity contribution >= 4 is 29.0 Å². The van der Waals surface area contributed by atoms with Crippen LogP contribution in [0.1, 0.15) is 12.0 Å². The van der Waals surface area contributed by atoms with E-state index in [4.69, 9.17) is 0 Å². The maximum absolute atomic E-state index is 13.4. The third-order valence-electron chi connectivity index (χ3n) is 5.54. The van der Waals surface area contributed by atoms with E-state index in [9.17, 15) is 4.79 Å². The monoisotopic (exact) mass is 536 g/mol. The van der Waals surface area contributed by atoms with Crippen molar-refractivity contribution in [1.82, 2.24) is 0 Å². The maximum Gasteiger partial charge on any atom is 0.171 e. The van der Waals surface area contributed by atoms with Gasteiger partial charge in [-0.25, -0.2) is 0 Å². The Morgan fingerprint density at radius 1 is 0.548 bits per heavy atom. The molecule has 0 aliphatic rings. The Hall–Kier alpha value is -2.29. The third-order valence-corrected chi connectivity index (χ3v) is 9.91. The fourth-order valence-corrected chi connectivity index (χ4v) is 8.21. The summed E-state index contributed by atoms with van der Waals surface area (Å²) >= 11 is 0. The maximum atomic E-state index is 13.4. The lowest BCUT2D eigenvalue weighted by Gasteiger charge is -2.27. The molecule has 0 aliphatic carbocycles. The normalized spacial score (nSPS) is 10.8. The number of hydrogen-bond donors (Lipinski definition) is 0. The molecule has 0 amide bonds. The van der Waals surface area contributed by atoms with Crippen LogP contribution < -0.4 is 39.9 Å². The van der Waals surface area contributed by atoms with Crippen LogP contribution in [0.3, 0.4) is 0 Å². The summed E-state index contributed by atoms with van der Waals surface area (Å²) in [6, 6.07) is 42.1. The van der Waals surface area contributed by atoms with Crippen LogP contribution in [0.2, 0.25) is 0 Å². The highest BCUT2D eigenvalue weighted by Gasteiger charge is 2.46. The number of halogens is 1. The van der Waals surface area contributed by atoms with Crippen LogP contribution in [0.5, 0.6) is 0 Å².